The summed E-state index contributed by atoms with van der Waals surface area (Å²) >= 11 is 1.74. The first-order valence-corrected chi connectivity index (χ1v) is 13.0. The van der Waals surface area contributed by atoms with Gasteiger partial charge in [0.2, 0.25) is 0 Å². The van der Waals surface area contributed by atoms with Crippen LogP contribution in [-0.2, 0) is 4.79 Å². The van der Waals surface area contributed by atoms with Crippen molar-refractivity contribution in [2.24, 2.45) is 0 Å². The van der Waals surface area contributed by atoms with Crippen molar-refractivity contribution in [3.63, 3.8) is 0 Å². The monoisotopic (exact) mass is 265 g/mol. The summed E-state index contributed by atoms with van der Waals surface area (Å²) in [5.41, 5.74) is 0. The predicted octanol–water partition coefficient (Wildman–Crippen LogP) is 3.08. The van der Waals surface area contributed by atoms with E-state index in [0.717, 1.165) is 0 Å². The second kappa shape index (κ2) is 5.51. The van der Waals surface area contributed by atoms with E-state index in [2.05, 4.69) is 42.9 Å². The van der Waals surface area contributed by atoms with Gasteiger partial charge in [0.05, 0.1) is 6.42 Å². The maximum Gasteiger partial charge on any atom is 0.304 e. The molecule has 0 aliphatic rings. The Balaban J connectivity index is 4.35. The van der Waals surface area contributed by atoms with Gasteiger partial charge in [0.25, 0.3) is 0 Å². The minimum atomic E-state index is -1.33. The molecule has 0 atom stereocenters. The second-order valence-electron chi connectivity index (χ2n) is 5.61. The fourth-order valence-corrected chi connectivity index (χ4v) is 13.8. The van der Waals surface area contributed by atoms with E-state index in [4.69, 9.17) is 5.11 Å². The highest BCUT2D eigenvalue weighted by atomic mass is 32.2. The zero-order valence-electron chi connectivity index (χ0n) is 10.6. The fraction of sp³-hybridized carbons (Fsp3) is 0.889. The number of hydrogen-bond donors (Lipinski definition) is 1. The predicted molar refractivity (Wildman–Crippen MR) is 73.2 cm³/mol. The minimum absolute atomic E-state index is 0.260. The molecule has 90 valence electrons. The fourth-order valence-electron chi connectivity index (χ4n) is 1.62. The summed E-state index contributed by atoms with van der Waals surface area (Å²) in [7, 11) is -2.66. The first-order valence-electron chi connectivity index (χ1n) is 5.20. The summed E-state index contributed by atoms with van der Waals surface area (Å²) in [6.07, 6.45) is 0.260. The molecule has 0 saturated carbocycles. The van der Waals surface area contributed by atoms with Crippen LogP contribution in [0.4, 0.5) is 0 Å². The third-order valence-corrected chi connectivity index (χ3v) is 12.9. The Bertz CT molecular complexity index is 209. The lowest BCUT2D eigenvalue weighted by Crippen LogP contribution is -2.55. The molecule has 0 unspecified atom stereocenters. The van der Waals surface area contributed by atoms with Gasteiger partial charge in [-0.2, -0.15) is 0 Å². The van der Waals surface area contributed by atoms with Gasteiger partial charge < -0.3 is 5.11 Å². The summed E-state index contributed by atoms with van der Waals surface area (Å²) in [4.78, 5) is 10.5. The van der Waals surface area contributed by atoms with Crippen LogP contribution < -0.4 is 0 Å². The van der Waals surface area contributed by atoms with Crippen molar-refractivity contribution in [1.82, 2.24) is 3.64 Å². The largest absolute Gasteiger partial charge is 0.481 e. The third kappa shape index (κ3) is 6.39. The molecule has 0 heterocycles. The Hall–Kier alpha value is 0.214. The molecule has 0 aromatic heterocycles. The van der Waals surface area contributed by atoms with E-state index in [1.807, 2.05) is 0 Å². The SMILES string of the molecule is C[Si](C)(C)N(SCCC(=O)O)[Si](C)(C)C. The number of nitrogens with zero attached hydrogens (tertiary/aromatic N) is 1. The van der Waals surface area contributed by atoms with Crippen LogP contribution >= 0.6 is 11.9 Å². The lowest BCUT2D eigenvalue weighted by molar-refractivity contribution is -0.136. The molecular formula is C9H23NO2SSi2. The van der Waals surface area contributed by atoms with Gasteiger partial charge in [-0.15, -0.1) is 0 Å². The highest BCUT2D eigenvalue weighted by molar-refractivity contribution is 7.99. The number of aliphatic carboxylic acids is 1. The quantitative estimate of drug-likeness (QED) is 0.592. The van der Waals surface area contributed by atoms with Crippen molar-refractivity contribution in [3.8, 4) is 0 Å². The standard InChI is InChI=1S/C9H23NO2SSi2/c1-14(2,3)10(15(4,5)6)13-8-7-9(11)12/h7-8H2,1-6H3,(H,11,12). The van der Waals surface area contributed by atoms with Crippen LogP contribution in [0.1, 0.15) is 6.42 Å². The number of carbonyl (C=O) groups is 1. The van der Waals surface area contributed by atoms with Crippen LogP contribution in [0.2, 0.25) is 39.3 Å². The lowest BCUT2D eigenvalue weighted by Gasteiger charge is -2.42. The van der Waals surface area contributed by atoms with Gasteiger partial charge in [0, 0.05) is 5.75 Å². The van der Waals surface area contributed by atoms with Crippen molar-refractivity contribution < 1.29 is 9.90 Å². The van der Waals surface area contributed by atoms with Gasteiger partial charge in [-0.1, -0.05) is 51.2 Å². The number of carboxylic acid groups (broad SMARTS) is 1. The summed E-state index contributed by atoms with van der Waals surface area (Å²) in [6.45, 7) is 13.9. The zero-order valence-corrected chi connectivity index (χ0v) is 13.4. The summed E-state index contributed by atoms with van der Waals surface area (Å²) in [6, 6.07) is 0. The third-order valence-electron chi connectivity index (χ3n) is 1.75. The molecule has 0 spiro atoms. The van der Waals surface area contributed by atoms with Gasteiger partial charge in [0.1, 0.15) is 16.5 Å². The van der Waals surface area contributed by atoms with Gasteiger partial charge in [-0.05, 0) is 0 Å². The second-order valence-corrected chi connectivity index (χ2v) is 17.3. The van der Waals surface area contributed by atoms with Crippen LogP contribution in [0.25, 0.3) is 0 Å². The van der Waals surface area contributed by atoms with Crippen molar-refractivity contribution in [3.05, 3.63) is 0 Å². The molecule has 0 saturated heterocycles. The van der Waals surface area contributed by atoms with Crippen LogP contribution in [0.5, 0.6) is 0 Å². The highest BCUT2D eigenvalue weighted by Gasteiger charge is 2.34. The molecule has 0 aliphatic heterocycles. The Morgan fingerprint density at radius 2 is 1.53 bits per heavy atom. The molecule has 15 heavy (non-hydrogen) atoms. The molecule has 1 N–H and O–H groups in total. The molecule has 6 heteroatoms. The molecular weight excluding hydrogens is 242 g/mol. The summed E-state index contributed by atoms with van der Waals surface area (Å²) in [5, 5.41) is 8.62. The molecule has 0 bridgehead atoms. The van der Waals surface area contributed by atoms with E-state index in [-0.39, 0.29) is 6.42 Å². The van der Waals surface area contributed by atoms with E-state index in [9.17, 15) is 4.79 Å². The minimum Gasteiger partial charge on any atom is -0.481 e. The lowest BCUT2D eigenvalue weighted by atomic mass is 10.5. The van der Waals surface area contributed by atoms with E-state index in [1.165, 1.54) is 0 Å². The van der Waals surface area contributed by atoms with Crippen LogP contribution in [-0.4, -0.2) is 36.9 Å². The topological polar surface area (TPSA) is 40.5 Å². The Morgan fingerprint density at radius 3 is 1.80 bits per heavy atom. The highest BCUT2D eigenvalue weighted by Crippen LogP contribution is 2.28. The number of hydrogen-bond acceptors (Lipinski definition) is 3. The molecule has 3 nitrogen and oxygen atoms in total. The first kappa shape index (κ1) is 15.2. The van der Waals surface area contributed by atoms with E-state index < -0.39 is 22.4 Å². The van der Waals surface area contributed by atoms with Gasteiger partial charge in [0.15, 0.2) is 0 Å². The number of rotatable bonds is 6. The molecule has 0 aliphatic carbocycles. The smallest absolute Gasteiger partial charge is 0.304 e. The summed E-state index contributed by atoms with van der Waals surface area (Å²) < 4.78 is 2.54. The summed E-state index contributed by atoms with van der Waals surface area (Å²) in [5.74, 6) is -0.00208. The van der Waals surface area contributed by atoms with Crippen LogP contribution in [0.15, 0.2) is 0 Å². The maximum atomic E-state index is 10.5. The normalized spacial score (nSPS) is 13.3. The van der Waals surface area contributed by atoms with Crippen molar-refractivity contribution >= 4 is 34.4 Å². The molecule has 0 fully saturated rings. The van der Waals surface area contributed by atoms with Gasteiger partial charge in [-0.3, -0.25) is 8.43 Å². The van der Waals surface area contributed by atoms with E-state index in [1.54, 1.807) is 11.9 Å². The molecule has 0 amide bonds. The van der Waals surface area contributed by atoms with Gasteiger partial charge >= 0.3 is 5.97 Å². The van der Waals surface area contributed by atoms with Crippen molar-refractivity contribution in [1.29, 1.82) is 0 Å². The van der Waals surface area contributed by atoms with Crippen molar-refractivity contribution in [2.45, 2.75) is 45.7 Å². The Labute approximate surface area is 99.6 Å². The van der Waals surface area contributed by atoms with Gasteiger partial charge in [-0.25, -0.2) is 0 Å². The molecule has 0 rings (SSSR count). The Morgan fingerprint density at radius 1 is 1.13 bits per heavy atom. The molecule has 0 aromatic rings. The average Bonchev–Trinajstić information content (AvgIpc) is 1.92. The first-order chi connectivity index (χ1) is 6.55. The Kier molecular flexibility index (Phi) is 5.59. The molecule has 0 radical (unpaired) electrons. The number of carboxylic acids is 1. The molecule has 0 aromatic carbocycles. The zero-order chi connectivity index (χ0) is 12.3. The maximum absolute atomic E-state index is 10.5. The average molecular weight is 266 g/mol. The van der Waals surface area contributed by atoms with E-state index >= 15 is 0 Å². The van der Waals surface area contributed by atoms with E-state index in [0.29, 0.717) is 5.75 Å². The van der Waals surface area contributed by atoms with Crippen LogP contribution in [0, 0.1) is 0 Å². The van der Waals surface area contributed by atoms with Crippen molar-refractivity contribution in [2.75, 3.05) is 5.75 Å². The van der Waals surface area contributed by atoms with Crippen LogP contribution in [0.3, 0.4) is 0 Å².